The summed E-state index contributed by atoms with van der Waals surface area (Å²) in [4.78, 5) is 20.9. The summed E-state index contributed by atoms with van der Waals surface area (Å²) < 4.78 is 15.3. The Hall–Kier alpha value is -4.82. The summed E-state index contributed by atoms with van der Waals surface area (Å²) in [6, 6.07) is 28.4. The van der Waals surface area contributed by atoms with Crippen molar-refractivity contribution in [3.63, 3.8) is 0 Å². The van der Waals surface area contributed by atoms with Crippen LogP contribution in [0.25, 0.3) is 10.9 Å². The molecular formula is C29H25FN6O. The van der Waals surface area contributed by atoms with E-state index in [2.05, 4.69) is 20.6 Å². The number of primary amides is 1. The van der Waals surface area contributed by atoms with Crippen LogP contribution in [-0.2, 0) is 0 Å². The first-order chi connectivity index (χ1) is 18.0. The molecule has 3 aromatic carbocycles. The van der Waals surface area contributed by atoms with Crippen LogP contribution in [0.2, 0.25) is 0 Å². The summed E-state index contributed by atoms with van der Waals surface area (Å²) in [5.41, 5.74) is 15.2. The molecule has 2 atom stereocenters. The predicted molar refractivity (Wildman–Crippen MR) is 144 cm³/mol. The van der Waals surface area contributed by atoms with E-state index in [-0.39, 0.29) is 17.2 Å². The van der Waals surface area contributed by atoms with E-state index >= 15 is 4.39 Å². The van der Waals surface area contributed by atoms with Gasteiger partial charge < -0.3 is 22.1 Å². The zero-order chi connectivity index (χ0) is 25.8. The largest absolute Gasteiger partial charge is 0.365 e. The maximum absolute atomic E-state index is 15.3. The SMILES string of the molecule is NC(=O)c1cc(F)c(NC(c2ccccc2)C(N)c2ccccc2)nc1Nc1ccc2cccnc2c1. The number of halogens is 1. The maximum Gasteiger partial charge on any atom is 0.252 e. The summed E-state index contributed by atoms with van der Waals surface area (Å²) >= 11 is 0. The summed E-state index contributed by atoms with van der Waals surface area (Å²) in [6.45, 7) is 0. The Morgan fingerprint density at radius 2 is 1.54 bits per heavy atom. The van der Waals surface area contributed by atoms with Gasteiger partial charge in [-0.2, -0.15) is 0 Å². The van der Waals surface area contributed by atoms with Gasteiger partial charge in [0.15, 0.2) is 11.6 Å². The van der Waals surface area contributed by atoms with E-state index in [1.165, 1.54) is 0 Å². The molecule has 0 aliphatic rings. The second kappa shape index (κ2) is 10.4. The van der Waals surface area contributed by atoms with E-state index in [1.54, 1.807) is 6.20 Å². The van der Waals surface area contributed by atoms with Gasteiger partial charge in [0.2, 0.25) is 0 Å². The Morgan fingerprint density at radius 3 is 2.24 bits per heavy atom. The van der Waals surface area contributed by atoms with E-state index < -0.39 is 23.8 Å². The van der Waals surface area contributed by atoms with Crippen molar-refractivity contribution in [1.82, 2.24) is 9.97 Å². The molecule has 0 bridgehead atoms. The number of amides is 1. The zero-order valence-corrected chi connectivity index (χ0v) is 19.8. The number of hydrogen-bond donors (Lipinski definition) is 4. The number of nitrogens with one attached hydrogen (secondary N) is 2. The Morgan fingerprint density at radius 1 is 0.838 bits per heavy atom. The van der Waals surface area contributed by atoms with E-state index in [1.807, 2.05) is 91.0 Å². The number of rotatable bonds is 8. The lowest BCUT2D eigenvalue weighted by Crippen LogP contribution is -2.27. The summed E-state index contributed by atoms with van der Waals surface area (Å²) in [7, 11) is 0. The molecule has 1 amide bonds. The van der Waals surface area contributed by atoms with Crippen molar-refractivity contribution in [3.8, 4) is 0 Å². The maximum atomic E-state index is 15.3. The fourth-order valence-electron chi connectivity index (χ4n) is 4.21. The van der Waals surface area contributed by atoms with Gasteiger partial charge in [0.25, 0.3) is 5.91 Å². The van der Waals surface area contributed by atoms with Gasteiger partial charge in [-0.15, -0.1) is 0 Å². The highest BCUT2D eigenvalue weighted by molar-refractivity contribution is 5.99. The first-order valence-electron chi connectivity index (χ1n) is 11.7. The number of anilines is 3. The Balaban J connectivity index is 1.53. The highest BCUT2D eigenvalue weighted by atomic mass is 19.1. The molecule has 5 rings (SSSR count). The fraction of sp³-hybridized carbons (Fsp3) is 0.0690. The summed E-state index contributed by atoms with van der Waals surface area (Å²) in [5, 5.41) is 7.22. The molecule has 2 unspecified atom stereocenters. The number of carbonyl (C=O) groups excluding carboxylic acids is 1. The molecule has 0 saturated carbocycles. The molecule has 2 heterocycles. The molecule has 184 valence electrons. The lowest BCUT2D eigenvalue weighted by atomic mass is 9.94. The number of fused-ring (bicyclic) bond motifs is 1. The van der Waals surface area contributed by atoms with E-state index in [0.717, 1.165) is 28.1 Å². The van der Waals surface area contributed by atoms with Crippen LogP contribution >= 0.6 is 0 Å². The molecule has 6 N–H and O–H groups in total. The van der Waals surface area contributed by atoms with Crippen LogP contribution in [0, 0.1) is 5.82 Å². The molecule has 0 aliphatic carbocycles. The van der Waals surface area contributed by atoms with Gasteiger partial charge in [0.05, 0.1) is 23.2 Å². The van der Waals surface area contributed by atoms with Gasteiger partial charge in [0, 0.05) is 17.3 Å². The molecule has 0 spiro atoms. The normalized spacial score (nSPS) is 12.6. The average Bonchev–Trinajstić information content (AvgIpc) is 2.93. The van der Waals surface area contributed by atoms with Crippen molar-refractivity contribution < 1.29 is 9.18 Å². The molecule has 0 aliphatic heterocycles. The molecule has 0 radical (unpaired) electrons. The van der Waals surface area contributed by atoms with Crippen LogP contribution in [0.15, 0.2) is 103 Å². The number of benzene rings is 3. The lowest BCUT2D eigenvalue weighted by molar-refractivity contribution is 0.100. The number of carbonyl (C=O) groups is 1. The molecule has 0 saturated heterocycles. The quantitative estimate of drug-likeness (QED) is 0.228. The average molecular weight is 493 g/mol. The van der Waals surface area contributed by atoms with Crippen LogP contribution in [-0.4, -0.2) is 15.9 Å². The van der Waals surface area contributed by atoms with Crippen LogP contribution < -0.4 is 22.1 Å². The van der Waals surface area contributed by atoms with Crippen LogP contribution in [0.3, 0.4) is 0 Å². The third-order valence-corrected chi connectivity index (χ3v) is 6.10. The van der Waals surface area contributed by atoms with Gasteiger partial charge in [-0.25, -0.2) is 9.37 Å². The molecule has 5 aromatic rings. The topological polar surface area (TPSA) is 119 Å². The van der Waals surface area contributed by atoms with Crippen molar-refractivity contribution in [2.45, 2.75) is 12.1 Å². The zero-order valence-electron chi connectivity index (χ0n) is 19.8. The van der Waals surface area contributed by atoms with Crippen molar-refractivity contribution in [1.29, 1.82) is 0 Å². The smallest absolute Gasteiger partial charge is 0.252 e. The standard InChI is InChI=1S/C29H25FN6O/c30-23-17-22(27(32)37)28(34-21-14-13-18-12-7-15-33-24(18)16-21)36-29(23)35-26(20-10-5-2-6-11-20)25(31)19-8-3-1-4-9-19/h1-17,25-26H,31H2,(H2,32,37)(H2,34,35,36). The van der Waals surface area contributed by atoms with Gasteiger partial charge in [0.1, 0.15) is 5.82 Å². The minimum atomic E-state index is -0.806. The highest BCUT2D eigenvalue weighted by Crippen LogP contribution is 2.32. The van der Waals surface area contributed by atoms with Gasteiger partial charge in [-0.05, 0) is 35.4 Å². The van der Waals surface area contributed by atoms with Crippen molar-refractivity contribution in [2.24, 2.45) is 11.5 Å². The number of hydrogen-bond acceptors (Lipinski definition) is 6. The Kier molecular flexibility index (Phi) is 6.74. The minimum Gasteiger partial charge on any atom is -0.365 e. The van der Waals surface area contributed by atoms with Crippen molar-refractivity contribution in [3.05, 3.63) is 126 Å². The second-order valence-corrected chi connectivity index (χ2v) is 8.58. The number of aromatic nitrogens is 2. The first kappa shape index (κ1) is 23.9. The van der Waals surface area contributed by atoms with E-state index in [4.69, 9.17) is 11.5 Å². The van der Waals surface area contributed by atoms with Crippen molar-refractivity contribution >= 4 is 34.1 Å². The van der Waals surface area contributed by atoms with Gasteiger partial charge >= 0.3 is 0 Å². The van der Waals surface area contributed by atoms with Crippen LogP contribution in [0.4, 0.5) is 21.7 Å². The number of nitrogens with two attached hydrogens (primary N) is 2. The molecule has 0 fully saturated rings. The fourth-order valence-corrected chi connectivity index (χ4v) is 4.21. The van der Waals surface area contributed by atoms with E-state index in [0.29, 0.717) is 5.69 Å². The Bertz CT molecular complexity index is 1540. The highest BCUT2D eigenvalue weighted by Gasteiger charge is 2.25. The van der Waals surface area contributed by atoms with Gasteiger partial charge in [-0.1, -0.05) is 72.8 Å². The predicted octanol–water partition coefficient (Wildman–Crippen LogP) is 5.46. The third kappa shape index (κ3) is 5.24. The van der Waals surface area contributed by atoms with Crippen LogP contribution in [0.5, 0.6) is 0 Å². The lowest BCUT2D eigenvalue weighted by Gasteiger charge is -2.27. The molecule has 8 heteroatoms. The molecular weight excluding hydrogens is 467 g/mol. The minimum absolute atomic E-state index is 0.0633. The molecule has 37 heavy (non-hydrogen) atoms. The van der Waals surface area contributed by atoms with Crippen molar-refractivity contribution in [2.75, 3.05) is 10.6 Å². The number of nitrogens with zero attached hydrogens (tertiary/aromatic N) is 2. The molecule has 2 aromatic heterocycles. The summed E-state index contributed by atoms with van der Waals surface area (Å²) in [5.74, 6) is -1.47. The molecule has 7 nitrogen and oxygen atoms in total. The second-order valence-electron chi connectivity index (χ2n) is 8.58. The monoisotopic (exact) mass is 492 g/mol. The third-order valence-electron chi connectivity index (χ3n) is 6.10. The summed E-state index contributed by atoms with van der Waals surface area (Å²) in [6.07, 6.45) is 1.69. The van der Waals surface area contributed by atoms with Crippen LogP contribution in [0.1, 0.15) is 33.6 Å². The Labute approximate surface area is 213 Å². The first-order valence-corrected chi connectivity index (χ1v) is 11.7. The van der Waals surface area contributed by atoms with Gasteiger partial charge in [-0.3, -0.25) is 9.78 Å². The number of pyridine rings is 2. The van der Waals surface area contributed by atoms with E-state index in [9.17, 15) is 4.79 Å².